The van der Waals surface area contributed by atoms with E-state index >= 15 is 0 Å². The van der Waals surface area contributed by atoms with Gasteiger partial charge in [0.25, 0.3) is 5.91 Å². The van der Waals surface area contributed by atoms with Crippen molar-refractivity contribution >= 4 is 29.1 Å². The molecule has 0 bridgehead atoms. The van der Waals surface area contributed by atoms with E-state index in [1.165, 1.54) is 12.0 Å². The van der Waals surface area contributed by atoms with Crippen LogP contribution < -0.4 is 14.5 Å². The highest BCUT2D eigenvalue weighted by atomic mass is 35.5. The van der Waals surface area contributed by atoms with Gasteiger partial charge in [-0.05, 0) is 32.0 Å². The molecule has 0 unspecified atom stereocenters. The number of morpholine rings is 1. The number of nitrogens with zero attached hydrogens (tertiary/aromatic N) is 1. The minimum atomic E-state index is -0.380. The summed E-state index contributed by atoms with van der Waals surface area (Å²) in [5, 5.41) is 0.454. The predicted octanol–water partition coefficient (Wildman–Crippen LogP) is 0.673. The lowest BCUT2D eigenvalue weighted by Crippen LogP contribution is -3.19. The van der Waals surface area contributed by atoms with E-state index in [0.717, 1.165) is 4.90 Å². The number of anilines is 1. The van der Waals surface area contributed by atoms with Crippen LogP contribution in [0.2, 0.25) is 5.02 Å². The van der Waals surface area contributed by atoms with Gasteiger partial charge in [0.2, 0.25) is 5.91 Å². The number of benzene rings is 1. The molecule has 24 heavy (non-hydrogen) atoms. The fourth-order valence-corrected chi connectivity index (χ4v) is 3.81. The maximum absolute atomic E-state index is 13.0. The van der Waals surface area contributed by atoms with E-state index in [1.54, 1.807) is 18.2 Å². The molecular weight excluding hydrogens is 332 g/mol. The van der Waals surface area contributed by atoms with E-state index in [4.69, 9.17) is 21.1 Å². The molecule has 2 aliphatic rings. The van der Waals surface area contributed by atoms with Crippen molar-refractivity contribution in [3.8, 4) is 5.75 Å². The molecule has 2 saturated heterocycles. The largest absolute Gasteiger partial charge is 0.495 e. The van der Waals surface area contributed by atoms with E-state index in [2.05, 4.69) is 0 Å². The summed E-state index contributed by atoms with van der Waals surface area (Å²) in [4.78, 5) is 27.8. The maximum Gasteiger partial charge on any atom is 0.292 e. The number of ether oxygens (including phenoxy) is 2. The zero-order chi connectivity index (χ0) is 17.4. The number of rotatable bonds is 3. The molecule has 2 heterocycles. The number of methoxy groups -OCH3 is 1. The lowest BCUT2D eigenvalue weighted by Gasteiger charge is -2.34. The van der Waals surface area contributed by atoms with E-state index in [9.17, 15) is 9.59 Å². The predicted molar refractivity (Wildman–Crippen MR) is 89.6 cm³/mol. The SMILES string of the molecule is COc1ccc(Cl)cc1N1C(=O)C[C@@H]([NH+]2C[C@H](C)O[C@@H](C)C2)C1=O. The Hall–Kier alpha value is -1.63. The average Bonchev–Trinajstić information content (AvgIpc) is 2.81. The third-order valence-electron chi connectivity index (χ3n) is 4.59. The van der Waals surface area contributed by atoms with Crippen LogP contribution in [-0.4, -0.2) is 50.3 Å². The summed E-state index contributed by atoms with van der Waals surface area (Å²) in [5.74, 6) is 0.0437. The fourth-order valence-electron chi connectivity index (χ4n) is 3.64. The van der Waals surface area contributed by atoms with Crippen LogP contribution in [0.1, 0.15) is 20.3 Å². The van der Waals surface area contributed by atoms with Crippen LogP contribution in [0.15, 0.2) is 18.2 Å². The number of carbonyl (C=O) groups is 2. The van der Waals surface area contributed by atoms with Crippen molar-refractivity contribution < 1.29 is 24.0 Å². The molecule has 3 rings (SSSR count). The van der Waals surface area contributed by atoms with Gasteiger partial charge in [0.1, 0.15) is 31.0 Å². The number of quaternary nitrogens is 1. The van der Waals surface area contributed by atoms with Gasteiger partial charge in [-0.2, -0.15) is 0 Å². The minimum absolute atomic E-state index is 0.0707. The molecule has 2 fully saturated rings. The highest BCUT2D eigenvalue weighted by Crippen LogP contribution is 2.34. The van der Waals surface area contributed by atoms with Crippen LogP contribution in [0.4, 0.5) is 5.69 Å². The molecule has 3 atom stereocenters. The van der Waals surface area contributed by atoms with Crippen molar-refractivity contribution in [1.29, 1.82) is 0 Å². The van der Waals surface area contributed by atoms with Gasteiger partial charge in [0.05, 0.1) is 19.2 Å². The minimum Gasteiger partial charge on any atom is -0.495 e. The quantitative estimate of drug-likeness (QED) is 0.812. The smallest absolute Gasteiger partial charge is 0.292 e. The van der Waals surface area contributed by atoms with Gasteiger partial charge >= 0.3 is 0 Å². The molecule has 7 heteroatoms. The second-order valence-corrected chi connectivity index (χ2v) is 6.90. The maximum atomic E-state index is 13.0. The summed E-state index contributed by atoms with van der Waals surface area (Å²) in [6, 6.07) is 4.55. The van der Waals surface area contributed by atoms with E-state index in [1.807, 2.05) is 13.8 Å². The van der Waals surface area contributed by atoms with Crippen molar-refractivity contribution in [2.24, 2.45) is 0 Å². The van der Waals surface area contributed by atoms with Gasteiger partial charge in [-0.3, -0.25) is 9.59 Å². The number of halogens is 1. The molecule has 0 saturated carbocycles. The van der Waals surface area contributed by atoms with Crippen LogP contribution in [0.25, 0.3) is 0 Å². The first-order valence-corrected chi connectivity index (χ1v) is 8.49. The molecule has 2 aliphatic heterocycles. The van der Waals surface area contributed by atoms with E-state index < -0.39 is 0 Å². The van der Waals surface area contributed by atoms with Crippen LogP contribution in [0, 0.1) is 0 Å². The Bertz CT molecular complexity index is 656. The number of nitrogens with one attached hydrogen (secondary N) is 1. The summed E-state index contributed by atoms with van der Waals surface area (Å²) >= 11 is 6.04. The number of amides is 2. The van der Waals surface area contributed by atoms with Crippen LogP contribution in [0.3, 0.4) is 0 Å². The lowest BCUT2D eigenvalue weighted by atomic mass is 10.1. The summed E-state index contributed by atoms with van der Waals surface area (Å²) in [6.07, 6.45) is 0.339. The van der Waals surface area contributed by atoms with Crippen molar-refractivity contribution in [2.75, 3.05) is 25.1 Å². The topological polar surface area (TPSA) is 60.3 Å². The van der Waals surface area contributed by atoms with Gasteiger partial charge in [-0.15, -0.1) is 0 Å². The standard InChI is InChI=1S/C17H21ClN2O4/c1-10-8-19(9-11(2)24-10)14-7-16(21)20(17(14)22)13-6-12(18)4-5-15(13)23-3/h4-6,10-11,14H,7-9H2,1-3H3/p+1/t10-,11-,14+/m0/s1. The monoisotopic (exact) mass is 353 g/mol. The number of imide groups is 1. The molecule has 2 amide bonds. The lowest BCUT2D eigenvalue weighted by molar-refractivity contribution is -0.929. The van der Waals surface area contributed by atoms with Crippen LogP contribution in [0.5, 0.6) is 5.75 Å². The summed E-state index contributed by atoms with van der Waals surface area (Å²) < 4.78 is 11.0. The van der Waals surface area contributed by atoms with Gasteiger partial charge in [0.15, 0.2) is 6.04 Å². The van der Waals surface area contributed by atoms with Crippen molar-refractivity contribution in [3.63, 3.8) is 0 Å². The zero-order valence-electron chi connectivity index (χ0n) is 14.0. The van der Waals surface area contributed by atoms with E-state index in [-0.39, 0.29) is 36.5 Å². The van der Waals surface area contributed by atoms with Crippen molar-refractivity contribution in [3.05, 3.63) is 23.2 Å². The van der Waals surface area contributed by atoms with Gasteiger partial charge in [0, 0.05) is 5.02 Å². The van der Waals surface area contributed by atoms with Gasteiger partial charge < -0.3 is 14.4 Å². The molecule has 0 radical (unpaired) electrons. The Kier molecular flexibility index (Phi) is 4.80. The zero-order valence-corrected chi connectivity index (χ0v) is 14.8. The Morgan fingerprint density at radius 3 is 2.54 bits per heavy atom. The van der Waals surface area contributed by atoms with Crippen molar-refractivity contribution in [2.45, 2.75) is 38.5 Å². The number of hydrogen-bond donors (Lipinski definition) is 1. The normalized spacial score (nSPS) is 30.8. The first kappa shape index (κ1) is 17.2. The molecule has 0 aliphatic carbocycles. The highest BCUT2D eigenvalue weighted by Gasteiger charge is 2.48. The summed E-state index contributed by atoms with van der Waals surface area (Å²) in [7, 11) is 1.51. The second-order valence-electron chi connectivity index (χ2n) is 6.46. The van der Waals surface area contributed by atoms with Crippen LogP contribution >= 0.6 is 11.6 Å². The first-order valence-electron chi connectivity index (χ1n) is 8.11. The molecular formula is C17H22ClN2O4+. The molecule has 0 spiro atoms. The summed E-state index contributed by atoms with van der Waals surface area (Å²) in [6.45, 7) is 5.42. The number of hydrogen-bond acceptors (Lipinski definition) is 4. The van der Waals surface area contributed by atoms with Crippen LogP contribution in [-0.2, 0) is 14.3 Å². The Balaban J connectivity index is 1.88. The average molecular weight is 354 g/mol. The Morgan fingerprint density at radius 2 is 1.92 bits per heavy atom. The Morgan fingerprint density at radius 1 is 1.25 bits per heavy atom. The highest BCUT2D eigenvalue weighted by molar-refractivity contribution is 6.31. The fraction of sp³-hybridized carbons (Fsp3) is 0.529. The molecule has 1 aromatic rings. The molecule has 0 aromatic heterocycles. The molecule has 130 valence electrons. The third kappa shape index (κ3) is 3.14. The Labute approximate surface area is 146 Å². The van der Waals surface area contributed by atoms with Gasteiger partial charge in [-0.25, -0.2) is 4.90 Å². The molecule has 6 nitrogen and oxygen atoms in total. The second kappa shape index (κ2) is 6.70. The third-order valence-corrected chi connectivity index (χ3v) is 4.82. The first-order chi connectivity index (χ1) is 11.4. The molecule has 1 N–H and O–H groups in total. The van der Waals surface area contributed by atoms with Crippen molar-refractivity contribution in [1.82, 2.24) is 0 Å². The van der Waals surface area contributed by atoms with Gasteiger partial charge in [-0.1, -0.05) is 11.6 Å². The van der Waals surface area contributed by atoms with E-state index in [0.29, 0.717) is 29.5 Å². The summed E-state index contributed by atoms with van der Waals surface area (Å²) in [5.41, 5.74) is 0.413. The number of carbonyl (C=O) groups excluding carboxylic acids is 2. The molecule has 1 aromatic carbocycles.